The first-order valence-electron chi connectivity index (χ1n) is 11.3. The maximum Gasteiger partial charge on any atom is 0.321 e. The molecule has 34 heavy (non-hydrogen) atoms. The number of fused-ring (bicyclic) bond motifs is 1. The number of aryl methyl sites for hydroxylation is 2. The molecular weight excluding hydrogens is 434 g/mol. The Hall–Kier alpha value is -3.81. The van der Waals surface area contributed by atoms with Crippen molar-refractivity contribution in [3.05, 3.63) is 65.0 Å². The minimum atomic E-state index is -0.757. The van der Waals surface area contributed by atoms with Gasteiger partial charge in [-0.1, -0.05) is 6.07 Å². The van der Waals surface area contributed by atoms with Gasteiger partial charge in [-0.25, -0.2) is 9.78 Å². The number of nitrogens with one attached hydrogen (secondary N) is 1. The molecule has 1 aliphatic rings. The number of hydrogen-bond donors (Lipinski definition) is 2. The minimum Gasteiger partial charge on any atom is -0.493 e. The van der Waals surface area contributed by atoms with Crippen LogP contribution in [0.3, 0.4) is 0 Å². The van der Waals surface area contributed by atoms with Crippen molar-refractivity contribution in [3.63, 3.8) is 0 Å². The Morgan fingerprint density at radius 2 is 1.97 bits per heavy atom. The molecule has 4 rings (SSSR count). The van der Waals surface area contributed by atoms with E-state index in [2.05, 4.69) is 10.3 Å². The first-order chi connectivity index (χ1) is 16.3. The molecule has 3 aromatic rings. The fourth-order valence-electron chi connectivity index (χ4n) is 4.18. The molecule has 8 heteroatoms. The second kappa shape index (κ2) is 9.99. The van der Waals surface area contributed by atoms with Crippen LogP contribution in [0.4, 0.5) is 10.5 Å². The second-order valence-electron chi connectivity index (χ2n) is 8.72. The first kappa shape index (κ1) is 23.4. The van der Waals surface area contributed by atoms with E-state index < -0.39 is 5.97 Å². The largest absolute Gasteiger partial charge is 0.493 e. The Balaban J connectivity index is 1.34. The van der Waals surface area contributed by atoms with Crippen LogP contribution in [0.15, 0.2) is 46.9 Å². The first-order valence-corrected chi connectivity index (χ1v) is 11.3. The number of aromatic nitrogens is 1. The van der Waals surface area contributed by atoms with Gasteiger partial charge in [0.2, 0.25) is 5.89 Å². The van der Waals surface area contributed by atoms with Crippen molar-refractivity contribution in [2.45, 2.75) is 38.5 Å². The molecule has 8 nitrogen and oxygen atoms in total. The van der Waals surface area contributed by atoms with Crippen molar-refractivity contribution in [2.75, 3.05) is 26.0 Å². The molecule has 1 aromatic heterocycles. The molecule has 1 aliphatic carbocycles. The predicted molar refractivity (Wildman–Crippen MR) is 128 cm³/mol. The van der Waals surface area contributed by atoms with Crippen molar-refractivity contribution in [1.29, 1.82) is 0 Å². The average molecular weight is 464 g/mol. The van der Waals surface area contributed by atoms with Crippen molar-refractivity contribution < 1.29 is 23.8 Å². The molecule has 2 N–H and O–H groups in total. The molecular formula is C26H29N3O5. The van der Waals surface area contributed by atoms with Crippen LogP contribution in [0.2, 0.25) is 0 Å². The Kier molecular flexibility index (Phi) is 6.86. The number of carboxylic acids is 1. The number of carbonyl (C=O) groups is 2. The maximum absolute atomic E-state index is 11.8. The zero-order valence-electron chi connectivity index (χ0n) is 19.6. The van der Waals surface area contributed by atoms with Crippen LogP contribution < -0.4 is 10.1 Å². The van der Waals surface area contributed by atoms with Gasteiger partial charge in [0.25, 0.3) is 0 Å². The third kappa shape index (κ3) is 5.39. The summed E-state index contributed by atoms with van der Waals surface area (Å²) in [5, 5.41) is 11.9. The van der Waals surface area contributed by atoms with Crippen LogP contribution in [0.25, 0.3) is 11.5 Å². The van der Waals surface area contributed by atoms with Crippen LogP contribution in [-0.2, 0) is 17.6 Å². The van der Waals surface area contributed by atoms with Gasteiger partial charge in [-0.2, -0.15) is 0 Å². The fourth-order valence-corrected chi connectivity index (χ4v) is 4.18. The van der Waals surface area contributed by atoms with E-state index in [1.165, 1.54) is 10.5 Å². The molecule has 0 fully saturated rings. The lowest BCUT2D eigenvalue weighted by Gasteiger charge is -2.11. The van der Waals surface area contributed by atoms with E-state index in [-0.39, 0.29) is 18.4 Å². The van der Waals surface area contributed by atoms with E-state index in [1.807, 2.05) is 49.4 Å². The SMILES string of the molecule is Cc1oc(-c2ccc(NC(=O)N(C)C)cc2)nc1CCOc1ccc2c(c1)CC[C@H]2CC(=O)O. The van der Waals surface area contributed by atoms with Gasteiger partial charge in [-0.3, -0.25) is 4.79 Å². The predicted octanol–water partition coefficient (Wildman–Crippen LogP) is 4.87. The van der Waals surface area contributed by atoms with Crippen LogP contribution in [0, 0.1) is 6.92 Å². The molecule has 0 bridgehead atoms. The van der Waals surface area contributed by atoms with Gasteiger partial charge in [0.05, 0.1) is 18.7 Å². The average Bonchev–Trinajstić information content (AvgIpc) is 3.37. The summed E-state index contributed by atoms with van der Waals surface area (Å²) in [6.07, 6.45) is 2.53. The van der Waals surface area contributed by atoms with Crippen molar-refractivity contribution >= 4 is 17.7 Å². The zero-order chi connectivity index (χ0) is 24.2. The highest BCUT2D eigenvalue weighted by Gasteiger charge is 2.25. The number of ether oxygens (including phenoxy) is 1. The summed E-state index contributed by atoms with van der Waals surface area (Å²) in [5.41, 5.74) is 4.66. The van der Waals surface area contributed by atoms with Gasteiger partial charge in [-0.05, 0) is 73.2 Å². The number of benzene rings is 2. The highest BCUT2D eigenvalue weighted by atomic mass is 16.5. The topological polar surface area (TPSA) is 105 Å². The summed E-state index contributed by atoms with van der Waals surface area (Å²) >= 11 is 0. The number of urea groups is 1. The van der Waals surface area contributed by atoms with Crippen molar-refractivity contribution in [2.24, 2.45) is 0 Å². The van der Waals surface area contributed by atoms with Gasteiger partial charge < -0.3 is 24.5 Å². The Bertz CT molecular complexity index is 1180. The molecule has 0 spiro atoms. The molecule has 0 unspecified atom stereocenters. The number of hydrogen-bond acceptors (Lipinski definition) is 5. The number of rotatable bonds is 8. The minimum absolute atomic E-state index is 0.0936. The van der Waals surface area contributed by atoms with E-state index in [0.717, 1.165) is 41.2 Å². The van der Waals surface area contributed by atoms with Gasteiger partial charge in [0, 0.05) is 31.8 Å². The van der Waals surface area contributed by atoms with Gasteiger partial charge >= 0.3 is 12.0 Å². The second-order valence-corrected chi connectivity index (χ2v) is 8.72. The maximum atomic E-state index is 11.8. The Morgan fingerprint density at radius 3 is 2.68 bits per heavy atom. The number of carboxylic acid groups (broad SMARTS) is 1. The van der Waals surface area contributed by atoms with Crippen molar-refractivity contribution in [3.8, 4) is 17.2 Å². The zero-order valence-corrected chi connectivity index (χ0v) is 19.6. The number of oxazole rings is 1. The normalized spacial score (nSPS) is 14.5. The summed E-state index contributed by atoms with van der Waals surface area (Å²) < 4.78 is 11.8. The third-order valence-electron chi connectivity index (χ3n) is 6.03. The monoisotopic (exact) mass is 463 g/mol. The van der Waals surface area contributed by atoms with Crippen LogP contribution in [0.1, 0.15) is 41.3 Å². The van der Waals surface area contributed by atoms with Gasteiger partial charge in [-0.15, -0.1) is 0 Å². The Labute approximate surface area is 198 Å². The Morgan fingerprint density at radius 1 is 1.21 bits per heavy atom. The molecule has 1 heterocycles. The summed E-state index contributed by atoms with van der Waals surface area (Å²) in [5.74, 6) is 1.39. The van der Waals surface area contributed by atoms with Gasteiger partial charge in [0.1, 0.15) is 11.5 Å². The molecule has 2 amide bonds. The van der Waals surface area contributed by atoms with E-state index in [1.54, 1.807) is 14.1 Å². The summed E-state index contributed by atoms with van der Waals surface area (Å²) in [4.78, 5) is 28.9. The number of carbonyl (C=O) groups excluding carboxylic acids is 1. The van der Waals surface area contributed by atoms with Gasteiger partial charge in [0.15, 0.2) is 0 Å². The smallest absolute Gasteiger partial charge is 0.321 e. The third-order valence-corrected chi connectivity index (χ3v) is 6.03. The highest BCUT2D eigenvalue weighted by Crippen LogP contribution is 2.37. The molecule has 2 aromatic carbocycles. The number of anilines is 1. The lowest BCUT2D eigenvalue weighted by molar-refractivity contribution is -0.137. The summed E-state index contributed by atoms with van der Waals surface area (Å²) in [7, 11) is 3.37. The molecule has 0 radical (unpaired) electrons. The lowest BCUT2D eigenvalue weighted by Crippen LogP contribution is -2.27. The molecule has 1 atom stereocenters. The molecule has 0 saturated carbocycles. The molecule has 0 aliphatic heterocycles. The van der Waals surface area contributed by atoms with Crippen LogP contribution in [-0.4, -0.2) is 47.7 Å². The molecule has 0 saturated heterocycles. The summed E-state index contributed by atoms with van der Waals surface area (Å²) in [6, 6.07) is 13.1. The van der Waals surface area contributed by atoms with Crippen LogP contribution >= 0.6 is 0 Å². The number of aliphatic carboxylic acids is 1. The quantitative estimate of drug-likeness (QED) is 0.494. The molecule has 178 valence electrons. The van der Waals surface area contributed by atoms with E-state index >= 15 is 0 Å². The van der Waals surface area contributed by atoms with E-state index in [9.17, 15) is 9.59 Å². The standard InChI is InChI=1S/C26H29N3O5/c1-16-23(28-25(34-16)17-6-8-20(9-7-17)27-26(32)29(2)3)12-13-33-21-10-11-22-18(14-21)4-5-19(22)15-24(30)31/h6-11,14,19H,4-5,12-13,15H2,1-3H3,(H,27,32)(H,30,31)/t19-/m0/s1. The van der Waals surface area contributed by atoms with Crippen molar-refractivity contribution in [1.82, 2.24) is 9.88 Å². The van der Waals surface area contributed by atoms with E-state index in [4.69, 9.17) is 14.3 Å². The van der Waals surface area contributed by atoms with E-state index in [0.29, 0.717) is 24.6 Å². The highest BCUT2D eigenvalue weighted by molar-refractivity contribution is 5.89. The fraction of sp³-hybridized carbons (Fsp3) is 0.346. The number of nitrogens with zero attached hydrogens (tertiary/aromatic N) is 2. The lowest BCUT2D eigenvalue weighted by atomic mass is 9.98. The van der Waals surface area contributed by atoms with Crippen LogP contribution in [0.5, 0.6) is 5.75 Å². The summed E-state index contributed by atoms with van der Waals surface area (Å²) in [6.45, 7) is 2.34. The number of amides is 2.